The second-order valence-electron chi connectivity index (χ2n) is 7.63. The number of carbonyl (C=O) groups excluding carboxylic acids is 2. The number of carbonyl (C=O) groups is 2. The van der Waals surface area contributed by atoms with E-state index in [1.54, 1.807) is 23.1 Å². The number of nitrogens with zero attached hydrogens (tertiary/aromatic N) is 1. The van der Waals surface area contributed by atoms with Crippen LogP contribution in [-0.4, -0.2) is 28.8 Å². The van der Waals surface area contributed by atoms with Gasteiger partial charge >= 0.3 is 0 Å². The van der Waals surface area contributed by atoms with Gasteiger partial charge in [-0.05, 0) is 61.6 Å². The van der Waals surface area contributed by atoms with Crippen LogP contribution in [0.25, 0.3) is 0 Å². The normalized spacial score (nSPS) is 18.7. The fourth-order valence-electron chi connectivity index (χ4n) is 3.76. The number of rotatable bonds is 5. The molecule has 0 spiro atoms. The third kappa shape index (κ3) is 5.55. The predicted molar refractivity (Wildman–Crippen MR) is 112 cm³/mol. The molecule has 160 valence electrons. The summed E-state index contributed by atoms with van der Waals surface area (Å²) in [5.74, 6) is -2.37. The minimum absolute atomic E-state index is 0.0591. The highest BCUT2D eigenvalue weighted by atomic mass is 35.5. The first-order chi connectivity index (χ1) is 14.2. The Labute approximate surface area is 179 Å². The monoisotopic (exact) mass is 435 g/mol. The molecule has 0 heterocycles. The van der Waals surface area contributed by atoms with Crippen molar-refractivity contribution in [2.45, 2.75) is 51.2 Å². The van der Waals surface area contributed by atoms with E-state index in [-0.39, 0.29) is 23.6 Å². The zero-order valence-corrected chi connectivity index (χ0v) is 17.4. The molecule has 1 aliphatic rings. The maximum atomic E-state index is 13.4. The van der Waals surface area contributed by atoms with Gasteiger partial charge in [0.2, 0.25) is 5.91 Å². The third-order valence-electron chi connectivity index (χ3n) is 5.36. The lowest BCUT2D eigenvalue weighted by molar-refractivity contribution is -0.132. The van der Waals surface area contributed by atoms with E-state index in [0.29, 0.717) is 28.9 Å². The lowest BCUT2D eigenvalue weighted by atomic mass is 9.90. The highest BCUT2D eigenvalue weighted by molar-refractivity contribution is 6.31. The van der Waals surface area contributed by atoms with Gasteiger partial charge in [-0.1, -0.05) is 11.6 Å². The van der Waals surface area contributed by atoms with E-state index in [0.717, 1.165) is 37.8 Å². The van der Waals surface area contributed by atoms with E-state index in [2.05, 4.69) is 5.32 Å². The zero-order chi connectivity index (χ0) is 21.8. The maximum absolute atomic E-state index is 13.4. The molecular weight excluding hydrogens is 412 g/mol. The van der Waals surface area contributed by atoms with Crippen LogP contribution >= 0.6 is 11.6 Å². The van der Waals surface area contributed by atoms with Crippen LogP contribution in [0.1, 0.15) is 48.5 Å². The molecule has 0 unspecified atom stereocenters. The molecule has 3 rings (SSSR count). The number of hydrogen-bond donors (Lipinski definition) is 2. The number of benzene rings is 2. The van der Waals surface area contributed by atoms with Crippen molar-refractivity contribution in [3.63, 3.8) is 0 Å². The third-order valence-corrected chi connectivity index (χ3v) is 5.72. The van der Waals surface area contributed by atoms with E-state index in [9.17, 15) is 18.4 Å². The molecule has 2 amide bonds. The van der Waals surface area contributed by atoms with E-state index in [4.69, 9.17) is 17.3 Å². The van der Waals surface area contributed by atoms with Crippen molar-refractivity contribution in [3.05, 3.63) is 64.2 Å². The minimum Gasteiger partial charge on any atom is -0.336 e. The molecular formula is C22H24ClF2N3O2. The summed E-state index contributed by atoms with van der Waals surface area (Å²) in [6.07, 6.45) is 3.39. The van der Waals surface area contributed by atoms with Gasteiger partial charge in [0, 0.05) is 47.9 Å². The molecule has 30 heavy (non-hydrogen) atoms. The summed E-state index contributed by atoms with van der Waals surface area (Å²) in [5, 5.41) is 3.08. The fraction of sp³-hybridized carbons (Fsp3) is 0.364. The maximum Gasteiger partial charge on any atom is 0.255 e. The second kappa shape index (κ2) is 9.53. The van der Waals surface area contributed by atoms with E-state index in [1.165, 1.54) is 6.92 Å². The van der Waals surface area contributed by atoms with E-state index >= 15 is 0 Å². The zero-order valence-electron chi connectivity index (χ0n) is 16.6. The highest BCUT2D eigenvalue weighted by Gasteiger charge is 2.26. The van der Waals surface area contributed by atoms with Gasteiger partial charge in [0.15, 0.2) is 0 Å². The van der Waals surface area contributed by atoms with Gasteiger partial charge in [-0.25, -0.2) is 8.78 Å². The van der Waals surface area contributed by atoms with Crippen molar-refractivity contribution in [1.29, 1.82) is 0 Å². The molecule has 8 heteroatoms. The first kappa shape index (κ1) is 22.2. The first-order valence-corrected chi connectivity index (χ1v) is 10.2. The fourth-order valence-corrected chi connectivity index (χ4v) is 3.93. The lowest BCUT2D eigenvalue weighted by Crippen LogP contribution is -2.42. The summed E-state index contributed by atoms with van der Waals surface area (Å²) in [5.41, 5.74) is 6.93. The average Bonchev–Trinajstić information content (AvgIpc) is 2.68. The largest absolute Gasteiger partial charge is 0.336 e. The first-order valence-electron chi connectivity index (χ1n) is 9.81. The van der Waals surface area contributed by atoms with Crippen LogP contribution in [0.4, 0.5) is 14.5 Å². The number of hydrogen-bond acceptors (Lipinski definition) is 3. The second-order valence-corrected chi connectivity index (χ2v) is 8.04. The lowest BCUT2D eigenvalue weighted by Gasteiger charge is -2.35. The van der Waals surface area contributed by atoms with Crippen molar-refractivity contribution in [2.75, 3.05) is 5.32 Å². The van der Waals surface area contributed by atoms with Crippen LogP contribution in [0.3, 0.4) is 0 Å². The van der Waals surface area contributed by atoms with Gasteiger partial charge < -0.3 is 16.0 Å². The molecule has 5 nitrogen and oxygen atoms in total. The Kier molecular flexibility index (Phi) is 7.05. The summed E-state index contributed by atoms with van der Waals surface area (Å²) >= 11 is 6.33. The number of amides is 2. The molecule has 1 aliphatic carbocycles. The average molecular weight is 436 g/mol. The van der Waals surface area contributed by atoms with Crippen molar-refractivity contribution in [2.24, 2.45) is 5.73 Å². The standard InChI is InChI=1S/C22H24ClF2N3O2/c1-13(29)28(20-5-2-18(26)3-6-20)12-15-10-19(4-7-21(15)23)27-22(30)14-8-16(24)11-17(25)9-14/h4,7-11,18,20H,2-3,5-6,12,26H2,1H3,(H,27,30). The summed E-state index contributed by atoms with van der Waals surface area (Å²) in [4.78, 5) is 26.4. The van der Waals surface area contributed by atoms with Gasteiger partial charge in [0.25, 0.3) is 5.91 Å². The number of anilines is 1. The highest BCUT2D eigenvalue weighted by Crippen LogP contribution is 2.27. The molecule has 0 bridgehead atoms. The smallest absolute Gasteiger partial charge is 0.255 e. The van der Waals surface area contributed by atoms with Crippen molar-refractivity contribution >= 4 is 29.1 Å². The SMILES string of the molecule is CC(=O)N(Cc1cc(NC(=O)c2cc(F)cc(F)c2)ccc1Cl)C1CCC(N)CC1. The van der Waals surface area contributed by atoms with Gasteiger partial charge in [-0.2, -0.15) is 0 Å². The van der Waals surface area contributed by atoms with Gasteiger partial charge in [-0.3, -0.25) is 9.59 Å². The summed E-state index contributed by atoms with van der Waals surface area (Å²) < 4.78 is 26.8. The molecule has 0 aromatic heterocycles. The Morgan fingerprint density at radius 2 is 1.73 bits per heavy atom. The van der Waals surface area contributed by atoms with Crippen molar-refractivity contribution < 1.29 is 18.4 Å². The van der Waals surface area contributed by atoms with Crippen molar-refractivity contribution in [1.82, 2.24) is 4.90 Å². The Morgan fingerprint density at radius 1 is 1.10 bits per heavy atom. The Bertz CT molecular complexity index is 926. The Balaban J connectivity index is 1.77. The minimum atomic E-state index is -0.832. The predicted octanol–water partition coefficient (Wildman–Crippen LogP) is 4.49. The summed E-state index contributed by atoms with van der Waals surface area (Å²) in [6.45, 7) is 1.82. The van der Waals surface area contributed by atoms with Crippen LogP contribution in [0.2, 0.25) is 5.02 Å². The summed E-state index contributed by atoms with van der Waals surface area (Å²) in [7, 11) is 0. The topological polar surface area (TPSA) is 75.4 Å². The molecule has 0 radical (unpaired) electrons. The van der Waals surface area contributed by atoms with Crippen LogP contribution in [0.5, 0.6) is 0 Å². The molecule has 2 aromatic carbocycles. The number of nitrogens with two attached hydrogens (primary N) is 1. The number of nitrogens with one attached hydrogen (secondary N) is 1. The van der Waals surface area contributed by atoms with Crippen LogP contribution in [0.15, 0.2) is 36.4 Å². The quantitative estimate of drug-likeness (QED) is 0.726. The molecule has 2 aromatic rings. The molecule has 0 atom stereocenters. The molecule has 1 fully saturated rings. The van der Waals surface area contributed by atoms with Crippen molar-refractivity contribution in [3.8, 4) is 0 Å². The van der Waals surface area contributed by atoms with Gasteiger partial charge in [0.05, 0.1) is 0 Å². The van der Waals surface area contributed by atoms with Crippen LogP contribution in [-0.2, 0) is 11.3 Å². The Hall–Kier alpha value is -2.51. The molecule has 3 N–H and O–H groups in total. The van der Waals surface area contributed by atoms with E-state index in [1.807, 2.05) is 0 Å². The van der Waals surface area contributed by atoms with Crippen LogP contribution in [0, 0.1) is 11.6 Å². The molecule has 0 saturated heterocycles. The van der Waals surface area contributed by atoms with Crippen LogP contribution < -0.4 is 11.1 Å². The van der Waals surface area contributed by atoms with Gasteiger partial charge in [0.1, 0.15) is 11.6 Å². The number of halogens is 3. The molecule has 1 saturated carbocycles. The Morgan fingerprint density at radius 3 is 2.33 bits per heavy atom. The summed E-state index contributed by atoms with van der Waals surface area (Å²) in [6, 6.07) is 7.76. The van der Waals surface area contributed by atoms with Gasteiger partial charge in [-0.15, -0.1) is 0 Å². The van der Waals surface area contributed by atoms with E-state index < -0.39 is 17.5 Å². The molecule has 0 aliphatic heterocycles.